The Bertz CT molecular complexity index is 297. The van der Waals surface area contributed by atoms with Gasteiger partial charge >= 0.3 is 0 Å². The quantitative estimate of drug-likeness (QED) is 0.774. The Morgan fingerprint density at radius 3 is 2.41 bits per heavy atom. The first kappa shape index (κ1) is 12.7. The van der Waals surface area contributed by atoms with Crippen molar-refractivity contribution < 1.29 is 0 Å². The molecule has 0 aromatic rings. The summed E-state index contributed by atoms with van der Waals surface area (Å²) in [7, 11) is 0. The van der Waals surface area contributed by atoms with Crippen molar-refractivity contribution in [3.05, 3.63) is 0 Å². The topological polar surface area (TPSA) is 36.4 Å². The van der Waals surface area contributed by atoms with Gasteiger partial charge in [0.05, 0.1) is 6.54 Å². The van der Waals surface area contributed by atoms with E-state index in [1.807, 2.05) is 0 Å². The number of rotatable bonds is 2. The van der Waals surface area contributed by atoms with Crippen LogP contribution in [0.2, 0.25) is 0 Å². The van der Waals surface area contributed by atoms with E-state index in [1.54, 1.807) is 0 Å². The van der Waals surface area contributed by atoms with Crippen LogP contribution in [0.5, 0.6) is 0 Å². The third-order valence-corrected chi connectivity index (χ3v) is 4.40. The molecule has 98 valence electrons. The summed E-state index contributed by atoms with van der Waals surface area (Å²) in [4.78, 5) is 4.46. The van der Waals surface area contributed by atoms with Gasteiger partial charge in [-0.2, -0.15) is 0 Å². The van der Waals surface area contributed by atoms with Gasteiger partial charge in [0.15, 0.2) is 5.96 Å². The van der Waals surface area contributed by atoms with E-state index in [4.69, 9.17) is 0 Å². The standard InChI is InChI=1S/C14H27N3/c1-11-9-15-12(17-11)16-10-14(4)7-5-13(2,3)6-8-14/h11H,5-10H2,1-4H3,(H2,15,16,17). The maximum Gasteiger partial charge on any atom is 0.191 e. The molecule has 0 radical (unpaired) electrons. The van der Waals surface area contributed by atoms with E-state index in [-0.39, 0.29) is 0 Å². The van der Waals surface area contributed by atoms with Crippen LogP contribution < -0.4 is 10.6 Å². The third kappa shape index (κ3) is 3.36. The van der Waals surface area contributed by atoms with Crippen LogP contribution in [0.3, 0.4) is 0 Å². The highest BCUT2D eigenvalue weighted by atomic mass is 15.2. The number of nitrogens with one attached hydrogen (secondary N) is 2. The van der Waals surface area contributed by atoms with E-state index in [1.165, 1.54) is 25.7 Å². The van der Waals surface area contributed by atoms with E-state index in [9.17, 15) is 0 Å². The first-order valence-electron chi connectivity index (χ1n) is 6.94. The minimum Gasteiger partial charge on any atom is -0.356 e. The summed E-state index contributed by atoms with van der Waals surface area (Å²) in [5, 5.41) is 6.85. The van der Waals surface area contributed by atoms with Gasteiger partial charge in [0.2, 0.25) is 0 Å². The molecule has 17 heavy (non-hydrogen) atoms. The molecule has 0 bridgehead atoms. The maximum atomic E-state index is 4.46. The molecule has 0 saturated heterocycles. The minimum atomic E-state index is 0.450. The molecule has 1 atom stereocenters. The van der Waals surface area contributed by atoms with Gasteiger partial charge in [0, 0.05) is 12.6 Å². The molecule has 1 unspecified atom stereocenters. The summed E-state index contributed by atoms with van der Waals surface area (Å²) in [6.45, 7) is 11.3. The number of aliphatic imine (C=N–C) groups is 1. The van der Waals surface area contributed by atoms with Gasteiger partial charge in [-0.3, -0.25) is 4.99 Å². The average Bonchev–Trinajstić information content (AvgIpc) is 2.67. The Morgan fingerprint density at radius 1 is 1.24 bits per heavy atom. The fraction of sp³-hybridized carbons (Fsp3) is 0.929. The summed E-state index contributed by atoms with van der Waals surface area (Å²) < 4.78 is 0. The molecule has 2 rings (SSSR count). The maximum absolute atomic E-state index is 4.46. The lowest BCUT2D eigenvalue weighted by Gasteiger charge is -2.41. The Hall–Kier alpha value is -0.730. The van der Waals surface area contributed by atoms with Crippen molar-refractivity contribution in [1.29, 1.82) is 0 Å². The molecule has 2 aliphatic rings. The van der Waals surface area contributed by atoms with Gasteiger partial charge in [0.25, 0.3) is 0 Å². The molecule has 2 N–H and O–H groups in total. The fourth-order valence-electron chi connectivity index (χ4n) is 2.66. The molecule has 0 aromatic carbocycles. The van der Waals surface area contributed by atoms with Gasteiger partial charge in [-0.25, -0.2) is 0 Å². The molecule has 3 heteroatoms. The van der Waals surface area contributed by atoms with E-state index in [0.29, 0.717) is 16.9 Å². The molecule has 1 heterocycles. The summed E-state index contributed by atoms with van der Waals surface area (Å²) in [6, 6.07) is 0.496. The number of nitrogens with zero attached hydrogens (tertiary/aromatic N) is 1. The Morgan fingerprint density at radius 2 is 1.88 bits per heavy atom. The first-order chi connectivity index (χ1) is 7.89. The van der Waals surface area contributed by atoms with E-state index < -0.39 is 0 Å². The molecule has 0 aromatic heterocycles. The summed E-state index contributed by atoms with van der Waals surface area (Å²) in [6.07, 6.45) is 5.36. The monoisotopic (exact) mass is 237 g/mol. The predicted octanol–water partition coefficient (Wildman–Crippen LogP) is 2.53. The molecular weight excluding hydrogens is 210 g/mol. The lowest BCUT2D eigenvalue weighted by Crippen LogP contribution is -2.44. The van der Waals surface area contributed by atoms with Crippen LogP contribution in [-0.4, -0.2) is 25.1 Å². The van der Waals surface area contributed by atoms with Crippen LogP contribution in [0, 0.1) is 10.8 Å². The van der Waals surface area contributed by atoms with Crippen LogP contribution in [-0.2, 0) is 0 Å². The number of guanidine groups is 1. The summed E-state index contributed by atoms with van der Waals surface area (Å²) in [5.74, 6) is 1.00. The van der Waals surface area contributed by atoms with E-state index >= 15 is 0 Å². The molecule has 1 aliphatic carbocycles. The molecule has 3 nitrogen and oxygen atoms in total. The van der Waals surface area contributed by atoms with E-state index in [0.717, 1.165) is 19.0 Å². The fourth-order valence-corrected chi connectivity index (χ4v) is 2.66. The average molecular weight is 237 g/mol. The Kier molecular flexibility index (Phi) is 3.37. The highest BCUT2D eigenvalue weighted by molar-refractivity contribution is 5.81. The van der Waals surface area contributed by atoms with Crippen LogP contribution >= 0.6 is 0 Å². The van der Waals surface area contributed by atoms with Gasteiger partial charge in [-0.1, -0.05) is 20.8 Å². The molecule has 1 saturated carbocycles. The first-order valence-corrected chi connectivity index (χ1v) is 6.94. The van der Waals surface area contributed by atoms with Gasteiger partial charge in [0.1, 0.15) is 0 Å². The Balaban J connectivity index is 1.79. The second-order valence-corrected chi connectivity index (χ2v) is 7.06. The van der Waals surface area contributed by atoms with Crippen molar-refractivity contribution in [2.24, 2.45) is 15.8 Å². The molecule has 0 spiro atoms. The van der Waals surface area contributed by atoms with Crippen molar-refractivity contribution in [2.75, 3.05) is 13.1 Å². The van der Waals surface area contributed by atoms with Crippen LogP contribution in [0.1, 0.15) is 53.4 Å². The second-order valence-electron chi connectivity index (χ2n) is 7.06. The van der Waals surface area contributed by atoms with E-state index in [2.05, 4.69) is 43.3 Å². The van der Waals surface area contributed by atoms with Crippen LogP contribution in [0.25, 0.3) is 0 Å². The van der Waals surface area contributed by atoms with Gasteiger partial charge in [-0.05, 0) is 43.4 Å². The summed E-state index contributed by atoms with van der Waals surface area (Å²) >= 11 is 0. The zero-order chi connectivity index (χ0) is 12.5. The Labute approximate surface area is 105 Å². The molecular formula is C14H27N3. The largest absolute Gasteiger partial charge is 0.356 e. The minimum absolute atomic E-state index is 0.450. The number of hydrogen-bond donors (Lipinski definition) is 2. The molecule has 1 fully saturated rings. The van der Waals surface area contributed by atoms with Crippen LogP contribution in [0.4, 0.5) is 0 Å². The SMILES string of the molecule is CC1CN=C(NCC2(C)CCC(C)(C)CC2)N1. The van der Waals surface area contributed by atoms with Crippen molar-refractivity contribution in [1.82, 2.24) is 10.6 Å². The van der Waals surface area contributed by atoms with Crippen molar-refractivity contribution in [2.45, 2.75) is 59.4 Å². The predicted molar refractivity (Wildman–Crippen MR) is 73.3 cm³/mol. The zero-order valence-electron chi connectivity index (χ0n) is 11.8. The van der Waals surface area contributed by atoms with Crippen molar-refractivity contribution in [3.8, 4) is 0 Å². The van der Waals surface area contributed by atoms with Gasteiger partial charge in [-0.15, -0.1) is 0 Å². The van der Waals surface area contributed by atoms with Crippen molar-refractivity contribution in [3.63, 3.8) is 0 Å². The third-order valence-electron chi connectivity index (χ3n) is 4.40. The highest BCUT2D eigenvalue weighted by Gasteiger charge is 2.34. The highest BCUT2D eigenvalue weighted by Crippen LogP contribution is 2.44. The van der Waals surface area contributed by atoms with Crippen LogP contribution in [0.15, 0.2) is 4.99 Å². The molecule has 1 aliphatic heterocycles. The van der Waals surface area contributed by atoms with Gasteiger partial charge < -0.3 is 10.6 Å². The lowest BCUT2D eigenvalue weighted by atomic mass is 9.66. The van der Waals surface area contributed by atoms with Crippen molar-refractivity contribution >= 4 is 5.96 Å². The lowest BCUT2D eigenvalue weighted by molar-refractivity contribution is 0.120. The second kappa shape index (κ2) is 4.51. The normalized spacial score (nSPS) is 30.6. The zero-order valence-corrected chi connectivity index (χ0v) is 11.8. The molecule has 0 amide bonds. The summed E-state index contributed by atoms with van der Waals surface area (Å²) in [5.41, 5.74) is 1.00. The number of hydrogen-bond acceptors (Lipinski definition) is 3. The smallest absolute Gasteiger partial charge is 0.191 e.